The van der Waals surface area contributed by atoms with Crippen molar-refractivity contribution in [1.29, 1.82) is 0 Å². The summed E-state index contributed by atoms with van der Waals surface area (Å²) in [6.07, 6.45) is 1.32. The third kappa shape index (κ3) is 7.74. The second-order valence-corrected chi connectivity index (χ2v) is 13.2. The fraction of sp³-hybridized carbons (Fsp3) is 0.216. The van der Waals surface area contributed by atoms with Gasteiger partial charge in [-0.2, -0.15) is 0 Å². The summed E-state index contributed by atoms with van der Waals surface area (Å²) in [7, 11) is -0.880. The lowest BCUT2D eigenvalue weighted by Crippen LogP contribution is -2.43. The normalized spacial score (nSPS) is 12.0. The Balaban J connectivity index is 1.44. The van der Waals surface area contributed by atoms with E-state index in [1.807, 2.05) is 19.1 Å². The minimum atomic E-state index is -3.93. The number of carbonyl (C=O) groups excluding carboxylic acids is 1. The number of hydrogen-bond acceptors (Lipinski definition) is 8. The number of hydrogen-bond donors (Lipinski definition) is 2. The van der Waals surface area contributed by atoms with Crippen molar-refractivity contribution in [2.45, 2.75) is 36.6 Å². The Morgan fingerprint density at radius 3 is 2.16 bits per heavy atom. The van der Waals surface area contributed by atoms with E-state index < -0.39 is 50.7 Å². The molecule has 1 aromatic heterocycles. The Morgan fingerprint density at radius 2 is 1.56 bits per heavy atom. The van der Waals surface area contributed by atoms with E-state index in [4.69, 9.17) is 14.2 Å². The van der Waals surface area contributed by atoms with E-state index in [0.29, 0.717) is 52.3 Å². The van der Waals surface area contributed by atoms with E-state index in [9.17, 15) is 23.1 Å². The van der Waals surface area contributed by atoms with Gasteiger partial charge in [0, 0.05) is 30.2 Å². The fourth-order valence-corrected chi connectivity index (χ4v) is 7.00. The second kappa shape index (κ2) is 15.4. The predicted molar refractivity (Wildman–Crippen MR) is 182 cm³/mol. The van der Waals surface area contributed by atoms with Crippen LogP contribution in [0.5, 0.6) is 11.5 Å². The molecule has 0 saturated heterocycles. The lowest BCUT2D eigenvalue weighted by Gasteiger charge is -2.19. The molecule has 260 valence electrons. The number of carboxylic acid groups (broad SMARTS) is 1. The molecule has 0 aliphatic heterocycles. The Bertz CT molecular complexity index is 2110. The number of amides is 1. The summed E-state index contributed by atoms with van der Waals surface area (Å²) in [5.74, 6) is -5.14. The van der Waals surface area contributed by atoms with Gasteiger partial charge in [0.1, 0.15) is 34.7 Å². The maximum atomic E-state index is 15.2. The van der Waals surface area contributed by atoms with Gasteiger partial charge in [0.15, 0.2) is 9.84 Å². The molecule has 0 radical (unpaired) electrons. The molecule has 1 amide bonds. The first-order valence-corrected chi connectivity index (χ1v) is 17.1. The van der Waals surface area contributed by atoms with Crippen LogP contribution in [0.25, 0.3) is 22.0 Å². The third-order valence-corrected chi connectivity index (χ3v) is 9.69. The van der Waals surface area contributed by atoms with Gasteiger partial charge >= 0.3 is 5.97 Å². The molecule has 10 nitrogen and oxygen atoms in total. The molecule has 0 fully saturated rings. The molecule has 2 N–H and O–H groups in total. The van der Waals surface area contributed by atoms with Gasteiger partial charge < -0.3 is 24.6 Å². The lowest BCUT2D eigenvalue weighted by molar-refractivity contribution is -0.139. The van der Waals surface area contributed by atoms with Gasteiger partial charge in [-0.25, -0.2) is 22.0 Å². The number of nitrogens with one attached hydrogen (secondary N) is 1. The molecule has 50 heavy (non-hydrogen) atoms. The summed E-state index contributed by atoms with van der Waals surface area (Å²) in [6, 6.07) is 17.8. The molecule has 0 bridgehead atoms. The van der Waals surface area contributed by atoms with Gasteiger partial charge in [-0.1, -0.05) is 36.4 Å². The maximum Gasteiger partial charge on any atom is 0.326 e. The SMILES string of the molecule is CCOCc1cc(OC)c(-c2ccc(C[C@H](NC(=O)c3c(F)cc(CS(=O)(=O)c4ccccc4)cc3F)C(=O)O)c3cccnc23)c(OC)c1. The molecular weight excluding hydrogens is 670 g/mol. The highest BCUT2D eigenvalue weighted by atomic mass is 32.2. The number of methoxy groups -OCH3 is 2. The number of carboxylic acids is 1. The molecule has 4 aromatic carbocycles. The molecule has 0 aliphatic rings. The number of ether oxygens (including phenoxy) is 3. The van der Waals surface area contributed by atoms with E-state index >= 15 is 8.78 Å². The molecule has 5 rings (SSSR count). The highest BCUT2D eigenvalue weighted by Gasteiger charge is 2.28. The standard InChI is InChI=1S/C37H34F2N2O8S/c1-4-49-20-22-17-31(47-2)33(32(18-22)48-3)27-13-12-24(26-11-8-14-40-35(26)27)19-30(37(43)44)41-36(42)34-28(38)15-23(16-29(34)39)21-50(45,46)25-9-6-5-7-10-25/h5-18,30H,4,19-21H2,1-3H3,(H,41,42)(H,43,44)/t30-/m0/s1. The van der Waals surface area contributed by atoms with Crippen molar-refractivity contribution in [3.63, 3.8) is 0 Å². The number of sulfone groups is 1. The van der Waals surface area contributed by atoms with Crippen LogP contribution < -0.4 is 14.8 Å². The summed E-state index contributed by atoms with van der Waals surface area (Å²) in [5.41, 5.74) is 1.80. The number of carbonyl (C=O) groups is 2. The van der Waals surface area contributed by atoms with Crippen LogP contribution in [-0.2, 0) is 38.1 Å². The van der Waals surface area contributed by atoms with Crippen molar-refractivity contribution in [2.24, 2.45) is 0 Å². The third-order valence-electron chi connectivity index (χ3n) is 7.98. The molecular formula is C37H34F2N2O8S. The molecule has 0 aliphatic carbocycles. The zero-order valence-corrected chi connectivity index (χ0v) is 28.2. The summed E-state index contributed by atoms with van der Waals surface area (Å²) >= 11 is 0. The van der Waals surface area contributed by atoms with Crippen LogP contribution >= 0.6 is 0 Å². The quantitative estimate of drug-likeness (QED) is 0.140. The summed E-state index contributed by atoms with van der Waals surface area (Å²) in [6.45, 7) is 2.76. The maximum absolute atomic E-state index is 15.2. The van der Waals surface area contributed by atoms with E-state index in [1.165, 1.54) is 38.5 Å². The minimum Gasteiger partial charge on any atom is -0.496 e. The number of aromatic nitrogens is 1. The molecule has 13 heteroatoms. The first kappa shape index (κ1) is 35.9. The second-order valence-electron chi connectivity index (χ2n) is 11.3. The van der Waals surface area contributed by atoms with Gasteiger partial charge in [0.2, 0.25) is 0 Å². The van der Waals surface area contributed by atoms with E-state index in [2.05, 4.69) is 10.3 Å². The van der Waals surface area contributed by atoms with Crippen LogP contribution in [0.4, 0.5) is 8.78 Å². The van der Waals surface area contributed by atoms with Gasteiger partial charge in [0.05, 0.1) is 42.6 Å². The van der Waals surface area contributed by atoms with Crippen LogP contribution in [0.2, 0.25) is 0 Å². The average molecular weight is 705 g/mol. The van der Waals surface area contributed by atoms with Gasteiger partial charge in [-0.15, -0.1) is 0 Å². The zero-order chi connectivity index (χ0) is 36.0. The lowest BCUT2D eigenvalue weighted by atomic mass is 9.93. The van der Waals surface area contributed by atoms with E-state index in [-0.39, 0.29) is 16.9 Å². The summed E-state index contributed by atoms with van der Waals surface area (Å²) in [4.78, 5) is 30.0. The zero-order valence-electron chi connectivity index (χ0n) is 27.4. The number of aliphatic carboxylic acids is 1. The van der Waals surface area contributed by atoms with Crippen molar-refractivity contribution < 1.29 is 46.1 Å². The number of pyridine rings is 1. The molecule has 5 aromatic rings. The number of benzene rings is 4. The van der Waals surface area contributed by atoms with Crippen LogP contribution in [0, 0.1) is 11.6 Å². The Morgan fingerprint density at radius 1 is 0.900 bits per heavy atom. The van der Waals surface area contributed by atoms with E-state index in [1.54, 1.807) is 36.5 Å². The molecule has 0 spiro atoms. The van der Waals surface area contributed by atoms with Crippen LogP contribution in [0.1, 0.15) is 34.0 Å². The van der Waals surface area contributed by atoms with Crippen molar-refractivity contribution >= 4 is 32.6 Å². The van der Waals surface area contributed by atoms with Crippen LogP contribution in [0.3, 0.4) is 0 Å². The van der Waals surface area contributed by atoms with Crippen molar-refractivity contribution in [3.8, 4) is 22.6 Å². The Kier molecular flexibility index (Phi) is 11.1. The van der Waals surface area contributed by atoms with E-state index in [0.717, 1.165) is 17.7 Å². The monoisotopic (exact) mass is 704 g/mol. The van der Waals surface area contributed by atoms with Gasteiger partial charge in [0.25, 0.3) is 5.91 Å². The largest absolute Gasteiger partial charge is 0.496 e. The minimum absolute atomic E-state index is 0.0311. The average Bonchev–Trinajstić information content (AvgIpc) is 3.10. The number of fused-ring (bicyclic) bond motifs is 1. The number of nitrogens with zero attached hydrogens (tertiary/aromatic N) is 1. The summed E-state index contributed by atoms with van der Waals surface area (Å²) < 4.78 is 72.8. The molecule has 0 saturated carbocycles. The Hall–Kier alpha value is -5.40. The van der Waals surface area contributed by atoms with Crippen molar-refractivity contribution in [3.05, 3.63) is 119 Å². The predicted octanol–water partition coefficient (Wildman–Crippen LogP) is 6.13. The van der Waals surface area contributed by atoms with Gasteiger partial charge in [-0.05, 0) is 66.1 Å². The topological polar surface area (TPSA) is 141 Å². The Labute approximate surface area is 287 Å². The molecule has 1 atom stereocenters. The highest BCUT2D eigenvalue weighted by molar-refractivity contribution is 7.90. The number of rotatable bonds is 14. The fourth-order valence-electron chi connectivity index (χ4n) is 5.65. The van der Waals surface area contributed by atoms with Crippen molar-refractivity contribution in [2.75, 3.05) is 20.8 Å². The highest BCUT2D eigenvalue weighted by Crippen LogP contribution is 2.43. The number of halogens is 2. The first-order chi connectivity index (χ1) is 24.0. The molecule has 0 unspecified atom stereocenters. The van der Waals surface area contributed by atoms with Crippen LogP contribution in [-0.4, -0.2) is 57.3 Å². The smallest absolute Gasteiger partial charge is 0.326 e. The first-order valence-electron chi connectivity index (χ1n) is 15.5. The van der Waals surface area contributed by atoms with Crippen LogP contribution in [0.15, 0.2) is 90.0 Å². The summed E-state index contributed by atoms with van der Waals surface area (Å²) in [5, 5.41) is 12.8. The molecule has 1 heterocycles. The van der Waals surface area contributed by atoms with Crippen molar-refractivity contribution in [1.82, 2.24) is 10.3 Å². The van der Waals surface area contributed by atoms with Gasteiger partial charge in [-0.3, -0.25) is 9.78 Å².